The van der Waals surface area contributed by atoms with E-state index in [-0.39, 0.29) is 0 Å². The van der Waals surface area contributed by atoms with E-state index in [0.717, 1.165) is 19.6 Å². The van der Waals surface area contributed by atoms with Gasteiger partial charge in [-0.3, -0.25) is 0 Å². The standard InChI is InChI=1S/C10H13Cl2N3/c11-8-3-9(12)10(15-6-8)14-5-7-1-2-13-4-7/h3,6-7,13H,1-2,4-5H2,(H,14,15). The fraction of sp³-hybridized carbons (Fsp3) is 0.500. The Labute approximate surface area is 99.2 Å². The number of pyridine rings is 1. The molecule has 0 spiro atoms. The number of anilines is 1. The minimum atomic E-state index is 0.563. The van der Waals surface area contributed by atoms with Crippen LogP contribution in [0.5, 0.6) is 0 Å². The second-order valence-corrected chi connectivity index (χ2v) is 4.57. The Balaban J connectivity index is 1.92. The Morgan fingerprint density at radius 2 is 2.40 bits per heavy atom. The number of hydrogen-bond acceptors (Lipinski definition) is 3. The molecule has 2 heterocycles. The predicted molar refractivity (Wildman–Crippen MR) is 63.7 cm³/mol. The van der Waals surface area contributed by atoms with Crippen molar-refractivity contribution in [2.24, 2.45) is 5.92 Å². The number of aromatic nitrogens is 1. The van der Waals surface area contributed by atoms with Crippen molar-refractivity contribution in [3.8, 4) is 0 Å². The lowest BCUT2D eigenvalue weighted by molar-refractivity contribution is 0.614. The number of nitrogens with one attached hydrogen (secondary N) is 2. The molecule has 0 bridgehead atoms. The Bertz CT molecular complexity index is 337. The smallest absolute Gasteiger partial charge is 0.144 e. The maximum absolute atomic E-state index is 5.99. The van der Waals surface area contributed by atoms with E-state index in [1.807, 2.05) is 0 Å². The van der Waals surface area contributed by atoms with Crippen molar-refractivity contribution >= 4 is 29.0 Å². The highest BCUT2D eigenvalue weighted by molar-refractivity contribution is 6.35. The SMILES string of the molecule is Clc1cnc(NCC2CCNC2)c(Cl)c1. The molecule has 5 heteroatoms. The topological polar surface area (TPSA) is 37.0 Å². The van der Waals surface area contributed by atoms with E-state index in [1.54, 1.807) is 12.3 Å². The summed E-state index contributed by atoms with van der Waals surface area (Å²) in [6.45, 7) is 3.08. The summed E-state index contributed by atoms with van der Waals surface area (Å²) < 4.78 is 0. The molecule has 1 unspecified atom stereocenters. The van der Waals surface area contributed by atoms with Crippen LogP contribution in [-0.2, 0) is 0 Å². The highest BCUT2D eigenvalue weighted by Gasteiger charge is 2.14. The van der Waals surface area contributed by atoms with Crippen molar-refractivity contribution in [2.75, 3.05) is 25.0 Å². The summed E-state index contributed by atoms with van der Waals surface area (Å²) in [6.07, 6.45) is 2.81. The molecule has 0 aliphatic carbocycles. The lowest BCUT2D eigenvalue weighted by Crippen LogP contribution is -2.17. The molecule has 0 amide bonds. The first kappa shape index (κ1) is 11.0. The first-order chi connectivity index (χ1) is 7.25. The highest BCUT2D eigenvalue weighted by Crippen LogP contribution is 2.23. The molecule has 0 radical (unpaired) electrons. The van der Waals surface area contributed by atoms with Crippen LogP contribution < -0.4 is 10.6 Å². The molecule has 1 aromatic rings. The van der Waals surface area contributed by atoms with E-state index in [0.29, 0.717) is 21.8 Å². The molecular weight excluding hydrogens is 233 g/mol. The second kappa shape index (κ2) is 5.01. The van der Waals surface area contributed by atoms with Gasteiger partial charge in [-0.1, -0.05) is 23.2 Å². The minimum absolute atomic E-state index is 0.563. The zero-order valence-electron chi connectivity index (χ0n) is 8.26. The van der Waals surface area contributed by atoms with Crippen molar-refractivity contribution in [1.29, 1.82) is 0 Å². The van der Waals surface area contributed by atoms with E-state index in [1.165, 1.54) is 6.42 Å². The number of rotatable bonds is 3. The van der Waals surface area contributed by atoms with Crippen LogP contribution in [0.1, 0.15) is 6.42 Å². The fourth-order valence-electron chi connectivity index (χ4n) is 1.67. The van der Waals surface area contributed by atoms with Crippen molar-refractivity contribution in [3.63, 3.8) is 0 Å². The molecule has 0 aromatic carbocycles. The first-order valence-corrected chi connectivity index (χ1v) is 5.77. The Morgan fingerprint density at radius 3 is 3.07 bits per heavy atom. The van der Waals surface area contributed by atoms with Gasteiger partial charge in [0.05, 0.1) is 10.0 Å². The molecule has 1 aliphatic heterocycles. The molecule has 1 aliphatic rings. The summed E-state index contributed by atoms with van der Waals surface area (Å²) in [5.41, 5.74) is 0. The van der Waals surface area contributed by atoms with E-state index in [9.17, 15) is 0 Å². The minimum Gasteiger partial charge on any atom is -0.369 e. The number of halogens is 2. The van der Waals surface area contributed by atoms with Gasteiger partial charge in [0.25, 0.3) is 0 Å². The van der Waals surface area contributed by atoms with E-state index in [2.05, 4.69) is 15.6 Å². The van der Waals surface area contributed by atoms with Crippen molar-refractivity contribution in [1.82, 2.24) is 10.3 Å². The van der Waals surface area contributed by atoms with Gasteiger partial charge in [0.15, 0.2) is 0 Å². The maximum Gasteiger partial charge on any atom is 0.144 e. The Morgan fingerprint density at radius 1 is 1.53 bits per heavy atom. The quantitative estimate of drug-likeness (QED) is 0.859. The maximum atomic E-state index is 5.99. The van der Waals surface area contributed by atoms with Crippen molar-refractivity contribution in [2.45, 2.75) is 6.42 Å². The van der Waals surface area contributed by atoms with Crippen LogP contribution in [0.2, 0.25) is 10.0 Å². The zero-order valence-corrected chi connectivity index (χ0v) is 9.78. The molecule has 2 rings (SSSR count). The Kier molecular flexibility index (Phi) is 3.67. The molecular formula is C10H13Cl2N3. The third-order valence-corrected chi connectivity index (χ3v) is 3.02. The van der Waals surface area contributed by atoms with Gasteiger partial charge < -0.3 is 10.6 Å². The van der Waals surface area contributed by atoms with Gasteiger partial charge in [0.2, 0.25) is 0 Å². The number of nitrogens with zero attached hydrogens (tertiary/aromatic N) is 1. The third kappa shape index (κ3) is 2.97. The van der Waals surface area contributed by atoms with Crippen LogP contribution in [0.15, 0.2) is 12.3 Å². The van der Waals surface area contributed by atoms with Crippen molar-refractivity contribution < 1.29 is 0 Å². The number of hydrogen-bond donors (Lipinski definition) is 2. The van der Waals surface area contributed by atoms with Gasteiger partial charge in [0.1, 0.15) is 5.82 Å². The van der Waals surface area contributed by atoms with Crippen LogP contribution in [0.3, 0.4) is 0 Å². The third-order valence-electron chi connectivity index (χ3n) is 2.53. The van der Waals surface area contributed by atoms with Gasteiger partial charge in [-0.25, -0.2) is 4.98 Å². The molecule has 1 aromatic heterocycles. The molecule has 1 saturated heterocycles. The molecule has 0 saturated carbocycles. The summed E-state index contributed by atoms with van der Waals surface area (Å²) in [6, 6.07) is 1.70. The molecule has 82 valence electrons. The average molecular weight is 246 g/mol. The van der Waals surface area contributed by atoms with E-state index in [4.69, 9.17) is 23.2 Å². The summed E-state index contributed by atoms with van der Waals surface area (Å²) in [4.78, 5) is 4.14. The predicted octanol–water partition coefficient (Wildman–Crippen LogP) is 2.41. The molecule has 15 heavy (non-hydrogen) atoms. The Hall–Kier alpha value is -0.510. The molecule has 3 nitrogen and oxygen atoms in total. The van der Waals surface area contributed by atoms with E-state index >= 15 is 0 Å². The zero-order chi connectivity index (χ0) is 10.7. The van der Waals surface area contributed by atoms with Crippen LogP contribution in [0.4, 0.5) is 5.82 Å². The van der Waals surface area contributed by atoms with E-state index < -0.39 is 0 Å². The fourth-order valence-corrected chi connectivity index (χ4v) is 2.12. The summed E-state index contributed by atoms with van der Waals surface area (Å²) >= 11 is 11.7. The summed E-state index contributed by atoms with van der Waals surface area (Å²) in [5, 5.41) is 7.70. The summed E-state index contributed by atoms with van der Waals surface area (Å²) in [7, 11) is 0. The van der Waals surface area contributed by atoms with Crippen LogP contribution >= 0.6 is 23.2 Å². The first-order valence-electron chi connectivity index (χ1n) is 5.01. The van der Waals surface area contributed by atoms with Gasteiger partial charge in [0, 0.05) is 12.7 Å². The lowest BCUT2D eigenvalue weighted by atomic mass is 10.1. The van der Waals surface area contributed by atoms with Crippen LogP contribution in [-0.4, -0.2) is 24.6 Å². The largest absolute Gasteiger partial charge is 0.369 e. The monoisotopic (exact) mass is 245 g/mol. The van der Waals surface area contributed by atoms with Gasteiger partial charge in [-0.05, 0) is 31.5 Å². The van der Waals surface area contributed by atoms with Crippen molar-refractivity contribution in [3.05, 3.63) is 22.3 Å². The van der Waals surface area contributed by atoms with Crippen LogP contribution in [0.25, 0.3) is 0 Å². The van der Waals surface area contributed by atoms with Crippen LogP contribution in [0, 0.1) is 5.92 Å². The molecule has 1 fully saturated rings. The molecule has 1 atom stereocenters. The highest BCUT2D eigenvalue weighted by atomic mass is 35.5. The normalized spacial score (nSPS) is 20.5. The average Bonchev–Trinajstić information content (AvgIpc) is 2.69. The van der Waals surface area contributed by atoms with Gasteiger partial charge >= 0.3 is 0 Å². The lowest BCUT2D eigenvalue weighted by Gasteiger charge is -2.11. The summed E-state index contributed by atoms with van der Waals surface area (Å²) in [5.74, 6) is 1.38. The van der Waals surface area contributed by atoms with Gasteiger partial charge in [-0.15, -0.1) is 0 Å². The second-order valence-electron chi connectivity index (χ2n) is 3.72. The van der Waals surface area contributed by atoms with Gasteiger partial charge in [-0.2, -0.15) is 0 Å². The molecule has 2 N–H and O–H groups in total.